The van der Waals surface area contributed by atoms with Gasteiger partial charge in [0.25, 0.3) is 11.5 Å². The number of hydrogen-bond acceptors (Lipinski definition) is 10. The van der Waals surface area contributed by atoms with Gasteiger partial charge in [-0.3, -0.25) is 18.7 Å². The second-order valence-electron chi connectivity index (χ2n) is 9.55. The van der Waals surface area contributed by atoms with Crippen LogP contribution >= 0.6 is 0 Å². The Morgan fingerprint density at radius 1 is 1.27 bits per heavy atom. The molecule has 3 N–H and O–H groups in total. The Hall–Kier alpha value is -4.84. The highest BCUT2D eigenvalue weighted by Crippen LogP contribution is 2.27. The predicted octanol–water partition coefficient (Wildman–Crippen LogP) is 0.238. The number of aromatic nitrogens is 5. The van der Waals surface area contributed by atoms with Gasteiger partial charge in [-0.2, -0.15) is 5.26 Å². The minimum absolute atomic E-state index is 0.0282. The van der Waals surface area contributed by atoms with Crippen molar-refractivity contribution in [2.24, 2.45) is 0 Å². The van der Waals surface area contributed by atoms with Crippen LogP contribution in [0.2, 0.25) is 0 Å². The SMILES string of the molecule is Cc1cn([C@H]2C[C@H](O)[C@@H](CO)O2)c(=O)n(CCCNC(=O)c2ccc(On3nnc4ccccc43)c(C#N)c2)c1=O. The summed E-state index contributed by atoms with van der Waals surface area (Å²) in [5.74, 6) is -0.254. The molecular formula is C27H27N7O7. The molecule has 3 heterocycles. The van der Waals surface area contributed by atoms with E-state index in [9.17, 15) is 29.9 Å². The Bertz CT molecular complexity index is 1750. The summed E-state index contributed by atoms with van der Waals surface area (Å²) in [6.45, 7) is 1.35. The molecular weight excluding hydrogens is 534 g/mol. The van der Waals surface area contributed by atoms with E-state index < -0.39 is 42.2 Å². The van der Waals surface area contributed by atoms with Crippen LogP contribution in [0.3, 0.4) is 0 Å². The first-order valence-corrected chi connectivity index (χ1v) is 12.9. The molecule has 14 nitrogen and oxygen atoms in total. The Kier molecular flexibility index (Phi) is 7.92. The number of benzene rings is 2. The average Bonchev–Trinajstić information content (AvgIpc) is 3.57. The number of fused-ring (bicyclic) bond motifs is 1. The fourth-order valence-electron chi connectivity index (χ4n) is 4.60. The molecule has 14 heteroatoms. The van der Waals surface area contributed by atoms with Gasteiger partial charge in [0.1, 0.15) is 29.4 Å². The standard InChI is InChI=1S/C27H27N7O7/c1-16-14-33(24-12-21(36)23(15-35)40-24)27(39)32(26(16)38)10-4-9-29-25(37)17-7-8-22(18(11-17)13-28)41-34-20-6-3-2-5-19(20)30-31-34/h2-3,5-8,11,14,21,23-24,35-36H,4,9-10,12,15H2,1H3,(H,29,37)/t21-,23+,24+/m0/s1. The van der Waals surface area contributed by atoms with Crippen molar-refractivity contribution in [1.29, 1.82) is 5.26 Å². The predicted molar refractivity (Wildman–Crippen MR) is 143 cm³/mol. The summed E-state index contributed by atoms with van der Waals surface area (Å²) < 4.78 is 7.86. The summed E-state index contributed by atoms with van der Waals surface area (Å²) in [5.41, 5.74) is 0.801. The monoisotopic (exact) mass is 561 g/mol. The van der Waals surface area contributed by atoms with Gasteiger partial charge in [-0.25, -0.2) is 4.79 Å². The Morgan fingerprint density at radius 2 is 2.07 bits per heavy atom. The van der Waals surface area contributed by atoms with E-state index in [1.54, 1.807) is 25.1 Å². The van der Waals surface area contributed by atoms with E-state index in [1.165, 1.54) is 33.8 Å². The van der Waals surface area contributed by atoms with E-state index in [2.05, 4.69) is 15.6 Å². The minimum Gasteiger partial charge on any atom is -0.394 e. The van der Waals surface area contributed by atoms with Gasteiger partial charge in [-0.1, -0.05) is 17.0 Å². The third-order valence-corrected chi connectivity index (χ3v) is 6.77. The van der Waals surface area contributed by atoms with Crippen molar-refractivity contribution in [3.05, 3.63) is 86.2 Å². The first-order valence-electron chi connectivity index (χ1n) is 12.9. The maximum Gasteiger partial charge on any atom is 0.333 e. The van der Waals surface area contributed by atoms with Crippen LogP contribution in [-0.4, -0.2) is 65.8 Å². The molecule has 0 saturated carbocycles. The number of nitriles is 1. The molecule has 2 aromatic carbocycles. The van der Waals surface area contributed by atoms with Crippen molar-refractivity contribution in [1.82, 2.24) is 29.6 Å². The van der Waals surface area contributed by atoms with Crippen LogP contribution in [0.4, 0.5) is 0 Å². The maximum absolute atomic E-state index is 13.0. The molecule has 1 saturated heterocycles. The van der Waals surface area contributed by atoms with Gasteiger partial charge in [0.15, 0.2) is 5.75 Å². The van der Waals surface area contributed by atoms with Crippen LogP contribution in [0, 0.1) is 18.3 Å². The molecule has 5 rings (SSSR count). The number of rotatable bonds is 9. The summed E-state index contributed by atoms with van der Waals surface area (Å²) in [6, 6.07) is 13.6. The van der Waals surface area contributed by atoms with Crippen LogP contribution < -0.4 is 21.4 Å². The molecule has 41 heavy (non-hydrogen) atoms. The zero-order valence-corrected chi connectivity index (χ0v) is 22.0. The molecule has 3 atom stereocenters. The lowest BCUT2D eigenvalue weighted by Gasteiger charge is -2.17. The van der Waals surface area contributed by atoms with Crippen LogP contribution in [0.25, 0.3) is 11.0 Å². The van der Waals surface area contributed by atoms with E-state index >= 15 is 0 Å². The quantitative estimate of drug-likeness (QED) is 0.239. The van der Waals surface area contributed by atoms with E-state index in [0.717, 1.165) is 4.57 Å². The first-order chi connectivity index (χ1) is 19.8. The van der Waals surface area contributed by atoms with Gasteiger partial charge in [0.05, 0.1) is 18.3 Å². The normalized spacial score (nSPS) is 18.3. The summed E-state index contributed by atoms with van der Waals surface area (Å²) >= 11 is 0. The number of nitrogens with zero attached hydrogens (tertiary/aromatic N) is 6. The first kappa shape index (κ1) is 27.7. The number of amides is 1. The zero-order chi connectivity index (χ0) is 29.1. The Balaban J connectivity index is 1.22. The molecule has 1 fully saturated rings. The molecule has 0 radical (unpaired) electrons. The fraction of sp³-hybridized carbons (Fsp3) is 0.333. The van der Waals surface area contributed by atoms with Crippen molar-refractivity contribution >= 4 is 16.9 Å². The summed E-state index contributed by atoms with van der Waals surface area (Å²) in [5, 5.41) is 39.6. The van der Waals surface area contributed by atoms with Gasteiger partial charge in [-0.15, -0.1) is 5.10 Å². The molecule has 212 valence electrons. The minimum atomic E-state index is -0.933. The molecule has 0 aliphatic carbocycles. The fourth-order valence-corrected chi connectivity index (χ4v) is 4.60. The number of aryl methyl sites for hydroxylation is 1. The smallest absolute Gasteiger partial charge is 0.333 e. The molecule has 4 aromatic rings. The van der Waals surface area contributed by atoms with E-state index in [1.807, 2.05) is 12.1 Å². The molecule has 0 bridgehead atoms. The van der Waals surface area contributed by atoms with E-state index in [4.69, 9.17) is 9.57 Å². The number of ether oxygens (including phenoxy) is 1. The van der Waals surface area contributed by atoms with Crippen LogP contribution in [0.1, 0.15) is 40.6 Å². The number of para-hydroxylation sites is 1. The lowest BCUT2D eigenvalue weighted by Crippen LogP contribution is -2.42. The highest BCUT2D eigenvalue weighted by molar-refractivity contribution is 5.94. The van der Waals surface area contributed by atoms with Crippen molar-refractivity contribution in [3.63, 3.8) is 0 Å². The summed E-state index contributed by atoms with van der Waals surface area (Å²) in [6.07, 6.45) is -0.813. The van der Waals surface area contributed by atoms with Crippen LogP contribution in [0.5, 0.6) is 5.75 Å². The summed E-state index contributed by atoms with van der Waals surface area (Å²) in [7, 11) is 0. The lowest BCUT2D eigenvalue weighted by molar-refractivity contribution is -0.0464. The van der Waals surface area contributed by atoms with Gasteiger partial charge in [0, 0.05) is 36.8 Å². The Morgan fingerprint density at radius 3 is 2.83 bits per heavy atom. The van der Waals surface area contributed by atoms with Gasteiger partial charge < -0.3 is 25.1 Å². The van der Waals surface area contributed by atoms with Crippen molar-refractivity contribution < 1.29 is 24.6 Å². The lowest BCUT2D eigenvalue weighted by atomic mass is 10.1. The van der Waals surface area contributed by atoms with Gasteiger partial charge in [0.2, 0.25) is 0 Å². The van der Waals surface area contributed by atoms with Crippen LogP contribution in [0.15, 0.2) is 58.3 Å². The largest absolute Gasteiger partial charge is 0.394 e. The van der Waals surface area contributed by atoms with Gasteiger partial charge in [-0.05, 0) is 48.9 Å². The number of aliphatic hydroxyl groups excluding tert-OH is 2. The molecule has 1 amide bonds. The molecule has 0 spiro atoms. The average molecular weight is 562 g/mol. The van der Waals surface area contributed by atoms with Gasteiger partial charge >= 0.3 is 5.69 Å². The van der Waals surface area contributed by atoms with E-state index in [-0.39, 0.29) is 42.8 Å². The number of hydrogen-bond donors (Lipinski definition) is 3. The Labute approximate surface area is 232 Å². The van der Waals surface area contributed by atoms with E-state index in [0.29, 0.717) is 16.6 Å². The second-order valence-corrected chi connectivity index (χ2v) is 9.55. The number of aliphatic hydroxyl groups is 2. The second kappa shape index (κ2) is 11.7. The van der Waals surface area contributed by atoms with Crippen molar-refractivity contribution in [3.8, 4) is 11.8 Å². The molecule has 1 aliphatic heterocycles. The number of carbonyl (C=O) groups is 1. The molecule has 1 aliphatic rings. The maximum atomic E-state index is 13.0. The van der Waals surface area contributed by atoms with Crippen LogP contribution in [-0.2, 0) is 11.3 Å². The van der Waals surface area contributed by atoms with Crippen molar-refractivity contribution in [2.75, 3.05) is 13.2 Å². The number of nitrogens with one attached hydrogen (secondary N) is 1. The molecule has 2 aromatic heterocycles. The third kappa shape index (κ3) is 5.59. The topological polar surface area (TPSA) is 187 Å². The van der Waals surface area contributed by atoms with Crippen molar-refractivity contribution in [2.45, 2.75) is 44.7 Å². The zero-order valence-electron chi connectivity index (χ0n) is 22.0. The number of carbonyl (C=O) groups excluding carboxylic acids is 1. The molecule has 0 unspecified atom stereocenters. The highest BCUT2D eigenvalue weighted by atomic mass is 16.7. The highest BCUT2D eigenvalue weighted by Gasteiger charge is 2.35. The third-order valence-electron chi connectivity index (χ3n) is 6.77. The summed E-state index contributed by atoms with van der Waals surface area (Å²) in [4.78, 5) is 45.4.